The van der Waals surface area contributed by atoms with Gasteiger partial charge in [0.2, 0.25) is 5.91 Å². The molecule has 0 saturated carbocycles. The van der Waals surface area contributed by atoms with Crippen molar-refractivity contribution in [3.63, 3.8) is 0 Å². The van der Waals surface area contributed by atoms with Gasteiger partial charge in [-0.2, -0.15) is 0 Å². The van der Waals surface area contributed by atoms with E-state index < -0.39 is 0 Å². The Labute approximate surface area is 117 Å². The van der Waals surface area contributed by atoms with Gasteiger partial charge in [-0.15, -0.1) is 0 Å². The molecule has 1 aliphatic heterocycles. The molecule has 0 bridgehead atoms. The van der Waals surface area contributed by atoms with Gasteiger partial charge in [-0.1, -0.05) is 12.1 Å². The summed E-state index contributed by atoms with van der Waals surface area (Å²) in [7, 11) is 0. The Hall–Kier alpha value is -2.33. The van der Waals surface area contributed by atoms with Gasteiger partial charge in [0.05, 0.1) is 0 Å². The number of hydrogen-bond acceptors (Lipinski definition) is 3. The van der Waals surface area contributed by atoms with E-state index in [-0.39, 0.29) is 5.91 Å². The van der Waals surface area contributed by atoms with E-state index in [1.165, 1.54) is 0 Å². The molecule has 0 saturated heterocycles. The van der Waals surface area contributed by atoms with E-state index >= 15 is 0 Å². The first kappa shape index (κ1) is 12.7. The molecule has 0 fully saturated rings. The minimum Gasteiger partial charge on any atom is -0.457 e. The van der Waals surface area contributed by atoms with Gasteiger partial charge in [-0.3, -0.25) is 4.79 Å². The number of benzene rings is 2. The lowest BCUT2D eigenvalue weighted by atomic mass is 10.0. The van der Waals surface area contributed by atoms with Crippen LogP contribution in [0.25, 0.3) is 0 Å². The summed E-state index contributed by atoms with van der Waals surface area (Å²) in [4.78, 5) is 11.3. The van der Waals surface area contributed by atoms with Crippen LogP contribution in [0.4, 0.5) is 5.69 Å². The second-order valence-electron chi connectivity index (χ2n) is 4.82. The molecule has 3 rings (SSSR count). The monoisotopic (exact) mass is 268 g/mol. The van der Waals surface area contributed by atoms with Crippen molar-refractivity contribution in [3.05, 3.63) is 53.6 Å². The summed E-state index contributed by atoms with van der Waals surface area (Å²) in [5.74, 6) is 1.61. The fourth-order valence-corrected chi connectivity index (χ4v) is 2.30. The zero-order chi connectivity index (χ0) is 13.9. The highest BCUT2D eigenvalue weighted by Crippen LogP contribution is 2.29. The van der Waals surface area contributed by atoms with Gasteiger partial charge in [0.25, 0.3) is 0 Å². The Kier molecular flexibility index (Phi) is 3.39. The number of aryl methyl sites for hydroxylation is 1. The maximum Gasteiger partial charge on any atom is 0.224 e. The van der Waals surface area contributed by atoms with Crippen molar-refractivity contribution in [1.82, 2.24) is 0 Å². The first-order valence-electron chi connectivity index (χ1n) is 6.64. The fourth-order valence-electron chi connectivity index (χ4n) is 2.30. The highest BCUT2D eigenvalue weighted by atomic mass is 16.5. The van der Waals surface area contributed by atoms with Crippen LogP contribution in [-0.2, 0) is 17.8 Å². The van der Waals surface area contributed by atoms with E-state index in [0.29, 0.717) is 13.0 Å². The number of nitrogens with two attached hydrogens (primary N) is 1. The van der Waals surface area contributed by atoms with Crippen LogP contribution < -0.4 is 15.8 Å². The lowest BCUT2D eigenvalue weighted by Gasteiger charge is -2.17. The number of hydrogen-bond donors (Lipinski definition) is 2. The third kappa shape index (κ3) is 2.65. The molecule has 3 N–H and O–H groups in total. The summed E-state index contributed by atoms with van der Waals surface area (Å²) in [5, 5.41) is 2.86. The van der Waals surface area contributed by atoms with Crippen molar-refractivity contribution < 1.29 is 9.53 Å². The third-order valence-corrected chi connectivity index (χ3v) is 3.34. The predicted molar refractivity (Wildman–Crippen MR) is 77.8 cm³/mol. The van der Waals surface area contributed by atoms with Crippen molar-refractivity contribution in [3.8, 4) is 11.5 Å². The molecule has 2 aromatic rings. The Morgan fingerprint density at radius 1 is 1.10 bits per heavy atom. The number of ether oxygens (including phenoxy) is 1. The maximum absolute atomic E-state index is 11.3. The Balaban J connectivity index is 1.82. The highest BCUT2D eigenvalue weighted by molar-refractivity contribution is 5.94. The summed E-state index contributed by atoms with van der Waals surface area (Å²) < 4.78 is 5.85. The van der Waals surface area contributed by atoms with E-state index in [4.69, 9.17) is 10.5 Å². The number of carbonyl (C=O) groups is 1. The molecule has 2 aromatic carbocycles. The van der Waals surface area contributed by atoms with Gasteiger partial charge in [0.1, 0.15) is 11.5 Å². The van der Waals surface area contributed by atoms with Crippen LogP contribution in [-0.4, -0.2) is 5.91 Å². The lowest BCUT2D eigenvalue weighted by molar-refractivity contribution is -0.116. The summed E-state index contributed by atoms with van der Waals surface area (Å²) >= 11 is 0. The highest BCUT2D eigenvalue weighted by Gasteiger charge is 2.15. The molecule has 20 heavy (non-hydrogen) atoms. The average molecular weight is 268 g/mol. The molecule has 1 amide bonds. The topological polar surface area (TPSA) is 64.3 Å². The number of anilines is 1. The Bertz CT molecular complexity index is 653. The lowest BCUT2D eigenvalue weighted by Crippen LogP contribution is -2.18. The van der Waals surface area contributed by atoms with Gasteiger partial charge in [-0.25, -0.2) is 0 Å². The quantitative estimate of drug-likeness (QED) is 0.899. The van der Waals surface area contributed by atoms with E-state index in [1.54, 1.807) is 0 Å². The first-order chi connectivity index (χ1) is 9.74. The molecule has 1 aliphatic rings. The molecule has 0 spiro atoms. The molecule has 0 unspecified atom stereocenters. The standard InChI is InChI=1S/C16H16N2O2/c17-10-11-2-1-3-13(8-11)20-14-5-6-15-12(9-14)4-7-16(19)18-15/h1-3,5-6,8-9H,4,7,10,17H2,(H,18,19). The number of amides is 1. The van der Waals surface area contributed by atoms with Crippen molar-refractivity contribution in [2.45, 2.75) is 19.4 Å². The molecular formula is C16H16N2O2. The van der Waals surface area contributed by atoms with Crippen LogP contribution in [0.2, 0.25) is 0 Å². The minimum atomic E-state index is 0.0711. The van der Waals surface area contributed by atoms with E-state index in [9.17, 15) is 4.79 Å². The second-order valence-corrected chi connectivity index (χ2v) is 4.82. The van der Waals surface area contributed by atoms with Crippen molar-refractivity contribution >= 4 is 11.6 Å². The van der Waals surface area contributed by atoms with Crippen molar-refractivity contribution in [2.75, 3.05) is 5.32 Å². The molecule has 0 aromatic heterocycles. The average Bonchev–Trinajstić information content (AvgIpc) is 2.47. The molecule has 0 aliphatic carbocycles. The van der Waals surface area contributed by atoms with Gasteiger partial charge < -0.3 is 15.8 Å². The van der Waals surface area contributed by atoms with Gasteiger partial charge in [0, 0.05) is 18.7 Å². The maximum atomic E-state index is 11.3. The summed E-state index contributed by atoms with van der Waals surface area (Å²) in [6.07, 6.45) is 1.28. The third-order valence-electron chi connectivity index (χ3n) is 3.34. The molecule has 1 heterocycles. The van der Waals surface area contributed by atoms with Crippen LogP contribution in [0.15, 0.2) is 42.5 Å². The van der Waals surface area contributed by atoms with Gasteiger partial charge in [0.15, 0.2) is 0 Å². The second kappa shape index (κ2) is 5.35. The van der Waals surface area contributed by atoms with Crippen molar-refractivity contribution in [2.24, 2.45) is 5.73 Å². The minimum absolute atomic E-state index is 0.0711. The number of fused-ring (bicyclic) bond motifs is 1. The molecule has 102 valence electrons. The van der Waals surface area contributed by atoms with E-state index in [2.05, 4.69) is 5.32 Å². The number of nitrogens with one attached hydrogen (secondary N) is 1. The zero-order valence-electron chi connectivity index (χ0n) is 11.1. The molecule has 0 atom stereocenters. The van der Waals surface area contributed by atoms with Crippen LogP contribution >= 0.6 is 0 Å². The Morgan fingerprint density at radius 2 is 1.95 bits per heavy atom. The Morgan fingerprint density at radius 3 is 2.80 bits per heavy atom. The van der Waals surface area contributed by atoms with Crippen LogP contribution in [0.5, 0.6) is 11.5 Å². The molecular weight excluding hydrogens is 252 g/mol. The zero-order valence-corrected chi connectivity index (χ0v) is 11.1. The molecule has 4 heteroatoms. The normalized spacial score (nSPS) is 13.6. The van der Waals surface area contributed by atoms with Crippen LogP contribution in [0, 0.1) is 0 Å². The molecule has 0 radical (unpaired) electrons. The smallest absolute Gasteiger partial charge is 0.224 e. The molecule has 4 nitrogen and oxygen atoms in total. The predicted octanol–water partition coefficient (Wildman–Crippen LogP) is 2.82. The van der Waals surface area contributed by atoms with Crippen LogP contribution in [0.1, 0.15) is 17.5 Å². The van der Waals surface area contributed by atoms with E-state index in [1.807, 2.05) is 42.5 Å². The summed E-state index contributed by atoms with van der Waals surface area (Å²) in [6.45, 7) is 0.493. The number of rotatable bonds is 3. The first-order valence-corrected chi connectivity index (χ1v) is 6.64. The number of carbonyl (C=O) groups excluding carboxylic acids is 1. The van der Waals surface area contributed by atoms with Gasteiger partial charge in [-0.05, 0) is 47.9 Å². The largest absolute Gasteiger partial charge is 0.457 e. The van der Waals surface area contributed by atoms with Crippen LogP contribution in [0.3, 0.4) is 0 Å². The van der Waals surface area contributed by atoms with Gasteiger partial charge >= 0.3 is 0 Å². The van der Waals surface area contributed by atoms with E-state index in [0.717, 1.165) is 34.7 Å². The summed E-state index contributed by atoms with van der Waals surface area (Å²) in [6, 6.07) is 13.4. The van der Waals surface area contributed by atoms with Crippen molar-refractivity contribution in [1.29, 1.82) is 0 Å². The summed E-state index contributed by atoms with van der Waals surface area (Å²) in [5.41, 5.74) is 8.64. The fraction of sp³-hybridized carbons (Fsp3) is 0.188. The SMILES string of the molecule is NCc1cccc(Oc2ccc3c(c2)CCC(=O)N3)c1.